The van der Waals surface area contributed by atoms with Crippen molar-refractivity contribution in [3.05, 3.63) is 48.6 Å². The van der Waals surface area contributed by atoms with Gasteiger partial charge in [-0.25, -0.2) is 0 Å². The number of hydrogen-bond acceptors (Lipinski definition) is 8. The van der Waals surface area contributed by atoms with Gasteiger partial charge in [-0.2, -0.15) is 0 Å². The molecule has 0 radical (unpaired) electrons. The number of esters is 2. The van der Waals surface area contributed by atoms with Crippen molar-refractivity contribution < 1.29 is 42.1 Å². The highest BCUT2D eigenvalue weighted by atomic mass is 31.2. The molecule has 2 unspecified atom stereocenters. The van der Waals surface area contributed by atoms with Gasteiger partial charge in [0.05, 0.1) is 27.7 Å². The van der Waals surface area contributed by atoms with Crippen LogP contribution in [0.25, 0.3) is 0 Å². The highest BCUT2D eigenvalue weighted by Crippen LogP contribution is 2.38. The number of quaternary nitrogens is 1. The molecule has 0 aliphatic carbocycles. The summed E-state index contributed by atoms with van der Waals surface area (Å²) in [4.78, 5) is 37.8. The van der Waals surface area contributed by atoms with Crippen LogP contribution in [0.1, 0.15) is 271 Å². The standard InChI is InChI=1S/C60H112NO8P/c1-6-8-10-12-14-16-18-20-22-23-24-25-26-27-28-29-30-31-32-33-34-35-36-37-39-41-43-45-47-49-51-53-60(63)69-58(57-68-70(64,65)67-55-54-61(3,4)5)56-66-59(62)52-50-48-46-44-42-40-38-21-19-17-15-13-11-9-7-2/h15,17-18,20-21,23-24,38,58H,6-14,16,19,22,25-37,39-57H2,1-5H3/b17-15-,20-18-,24-23-,38-21-. The number of rotatable bonds is 54. The Morgan fingerprint density at radius 2 is 0.771 bits per heavy atom. The average molecular weight is 1010 g/mol. The summed E-state index contributed by atoms with van der Waals surface area (Å²) in [5, 5.41) is 0. The molecule has 10 heteroatoms. The van der Waals surface area contributed by atoms with E-state index in [0.29, 0.717) is 23.9 Å². The third-order valence-electron chi connectivity index (χ3n) is 12.8. The molecule has 0 N–H and O–H groups in total. The molecular formula is C60H112NO8P. The summed E-state index contributed by atoms with van der Waals surface area (Å²) >= 11 is 0. The lowest BCUT2D eigenvalue weighted by Gasteiger charge is -2.28. The Bertz CT molecular complexity index is 1320. The monoisotopic (exact) mass is 1010 g/mol. The van der Waals surface area contributed by atoms with E-state index in [9.17, 15) is 19.0 Å². The predicted molar refractivity (Wildman–Crippen MR) is 296 cm³/mol. The summed E-state index contributed by atoms with van der Waals surface area (Å²) in [6, 6.07) is 0. The molecule has 0 aromatic heterocycles. The number of phosphoric ester groups is 1. The van der Waals surface area contributed by atoms with Crippen molar-refractivity contribution in [2.24, 2.45) is 0 Å². The molecule has 70 heavy (non-hydrogen) atoms. The number of hydrogen-bond donors (Lipinski definition) is 0. The fraction of sp³-hybridized carbons (Fsp3) is 0.833. The lowest BCUT2D eigenvalue weighted by Crippen LogP contribution is -2.37. The van der Waals surface area contributed by atoms with Crippen LogP contribution in [0.15, 0.2) is 48.6 Å². The van der Waals surface area contributed by atoms with E-state index in [-0.39, 0.29) is 26.1 Å². The van der Waals surface area contributed by atoms with Gasteiger partial charge >= 0.3 is 11.9 Å². The number of phosphoric acid groups is 1. The molecule has 0 rings (SSSR count). The first-order valence-electron chi connectivity index (χ1n) is 29.3. The minimum Gasteiger partial charge on any atom is -0.756 e. The number of unbranched alkanes of at least 4 members (excludes halogenated alkanes) is 32. The van der Waals surface area contributed by atoms with E-state index < -0.39 is 32.5 Å². The predicted octanol–water partition coefficient (Wildman–Crippen LogP) is 17.5. The molecule has 410 valence electrons. The topological polar surface area (TPSA) is 111 Å². The van der Waals surface area contributed by atoms with Gasteiger partial charge < -0.3 is 27.9 Å². The van der Waals surface area contributed by atoms with Crippen LogP contribution >= 0.6 is 7.82 Å². The summed E-state index contributed by atoms with van der Waals surface area (Å²) in [7, 11) is 1.16. The summed E-state index contributed by atoms with van der Waals surface area (Å²) in [6.45, 7) is 4.21. The quantitative estimate of drug-likeness (QED) is 0.0195. The fourth-order valence-electron chi connectivity index (χ4n) is 8.25. The van der Waals surface area contributed by atoms with Crippen LogP contribution in [0.3, 0.4) is 0 Å². The molecule has 0 amide bonds. The maximum absolute atomic E-state index is 12.8. The van der Waals surface area contributed by atoms with Crippen molar-refractivity contribution in [2.45, 2.75) is 277 Å². The van der Waals surface area contributed by atoms with Crippen molar-refractivity contribution in [3.8, 4) is 0 Å². The van der Waals surface area contributed by atoms with Gasteiger partial charge in [-0.05, 0) is 77.0 Å². The van der Waals surface area contributed by atoms with Gasteiger partial charge in [0.1, 0.15) is 19.8 Å². The fourth-order valence-corrected chi connectivity index (χ4v) is 8.98. The van der Waals surface area contributed by atoms with E-state index in [1.165, 1.54) is 167 Å². The van der Waals surface area contributed by atoms with Crippen LogP contribution in [0.5, 0.6) is 0 Å². The molecule has 0 aliphatic heterocycles. The minimum atomic E-state index is -4.64. The van der Waals surface area contributed by atoms with E-state index in [1.54, 1.807) is 0 Å². The second-order valence-corrected chi connectivity index (χ2v) is 22.4. The van der Waals surface area contributed by atoms with Gasteiger partial charge in [0, 0.05) is 12.8 Å². The van der Waals surface area contributed by atoms with E-state index in [2.05, 4.69) is 62.5 Å². The smallest absolute Gasteiger partial charge is 0.306 e. The molecule has 0 bridgehead atoms. The number of nitrogens with zero attached hydrogens (tertiary/aromatic N) is 1. The van der Waals surface area contributed by atoms with Crippen LogP contribution in [-0.2, 0) is 32.7 Å². The van der Waals surface area contributed by atoms with Crippen LogP contribution < -0.4 is 4.89 Å². The van der Waals surface area contributed by atoms with E-state index in [0.717, 1.165) is 64.2 Å². The highest BCUT2D eigenvalue weighted by Gasteiger charge is 2.22. The molecule has 0 heterocycles. The molecule has 0 aromatic carbocycles. The van der Waals surface area contributed by atoms with Crippen molar-refractivity contribution >= 4 is 19.8 Å². The lowest BCUT2D eigenvalue weighted by molar-refractivity contribution is -0.870. The van der Waals surface area contributed by atoms with Gasteiger partial charge in [0.15, 0.2) is 6.10 Å². The second-order valence-electron chi connectivity index (χ2n) is 21.0. The molecular weight excluding hydrogens is 894 g/mol. The SMILES string of the molecule is CCCCC/C=C\C/C=C\CCCCCCCC(=O)OCC(COP(=O)([O-])OCC[N+](C)(C)C)OC(=O)CCCCCCCCCCCCCCCCCCCCC/C=C\C/C=C\CCCCCCC. The third-order valence-corrected chi connectivity index (χ3v) is 13.8. The van der Waals surface area contributed by atoms with Crippen molar-refractivity contribution in [2.75, 3.05) is 47.5 Å². The second kappa shape index (κ2) is 51.9. The molecule has 9 nitrogen and oxygen atoms in total. The lowest BCUT2D eigenvalue weighted by atomic mass is 10.0. The van der Waals surface area contributed by atoms with Crippen LogP contribution in [0, 0.1) is 0 Å². The van der Waals surface area contributed by atoms with Gasteiger partial charge in [0.2, 0.25) is 0 Å². The van der Waals surface area contributed by atoms with Crippen LogP contribution in [0.2, 0.25) is 0 Å². The van der Waals surface area contributed by atoms with Gasteiger partial charge in [-0.3, -0.25) is 14.2 Å². The zero-order chi connectivity index (χ0) is 51.3. The van der Waals surface area contributed by atoms with Crippen molar-refractivity contribution in [1.82, 2.24) is 0 Å². The van der Waals surface area contributed by atoms with Crippen LogP contribution in [0.4, 0.5) is 0 Å². The molecule has 0 aliphatic rings. The molecule has 0 saturated heterocycles. The summed E-state index contributed by atoms with van der Waals surface area (Å²) in [6.07, 6.45) is 64.5. The minimum absolute atomic E-state index is 0.0328. The molecule has 0 saturated carbocycles. The maximum Gasteiger partial charge on any atom is 0.306 e. The van der Waals surface area contributed by atoms with Crippen molar-refractivity contribution in [1.29, 1.82) is 0 Å². The number of ether oxygens (including phenoxy) is 2. The van der Waals surface area contributed by atoms with E-state index >= 15 is 0 Å². The number of carbonyl (C=O) groups is 2. The summed E-state index contributed by atoms with van der Waals surface area (Å²) in [5.41, 5.74) is 0. The van der Waals surface area contributed by atoms with Crippen molar-refractivity contribution in [3.63, 3.8) is 0 Å². The van der Waals surface area contributed by atoms with Gasteiger partial charge in [-0.1, -0.05) is 229 Å². The summed E-state index contributed by atoms with van der Waals surface area (Å²) in [5.74, 6) is -0.841. The maximum atomic E-state index is 12.8. The molecule has 0 fully saturated rings. The Morgan fingerprint density at radius 3 is 1.16 bits per heavy atom. The Balaban J connectivity index is 4.05. The number of allylic oxidation sites excluding steroid dienone is 8. The zero-order valence-corrected chi connectivity index (χ0v) is 47.4. The van der Waals surface area contributed by atoms with Gasteiger partial charge in [-0.15, -0.1) is 0 Å². The Morgan fingerprint density at radius 1 is 0.443 bits per heavy atom. The molecule has 2 atom stereocenters. The molecule has 0 spiro atoms. The number of likely N-dealkylation sites (N-methyl/N-ethyl adjacent to an activating group) is 1. The first-order chi connectivity index (χ1) is 34.0. The first kappa shape index (κ1) is 68.0. The highest BCUT2D eigenvalue weighted by molar-refractivity contribution is 7.45. The summed E-state index contributed by atoms with van der Waals surface area (Å²) < 4.78 is 34.1. The van der Waals surface area contributed by atoms with Crippen LogP contribution in [-0.4, -0.2) is 70.0 Å². The largest absolute Gasteiger partial charge is 0.756 e. The van der Waals surface area contributed by atoms with E-state index in [1.807, 2.05) is 21.1 Å². The Kier molecular flexibility index (Phi) is 50.4. The van der Waals surface area contributed by atoms with Gasteiger partial charge in [0.25, 0.3) is 7.82 Å². The normalized spacial score (nSPS) is 13.6. The van der Waals surface area contributed by atoms with E-state index in [4.69, 9.17) is 18.5 Å². The number of carbonyl (C=O) groups excluding carboxylic acids is 2. The Labute approximate surface area is 433 Å². The first-order valence-corrected chi connectivity index (χ1v) is 30.8. The average Bonchev–Trinajstić information content (AvgIpc) is 3.32. The zero-order valence-electron chi connectivity index (χ0n) is 46.5. The molecule has 0 aromatic rings. The third kappa shape index (κ3) is 55.3. The Hall–Kier alpha value is -2.03.